The highest BCUT2D eigenvalue weighted by atomic mass is 16.5. The van der Waals surface area contributed by atoms with Crippen molar-refractivity contribution in [3.8, 4) is 5.75 Å². The SMILES string of the molecule is COc1cc(NC[C@](C)(O)CN2CCCCC2)c2ncccc2c1. The fraction of sp³-hybridized carbons (Fsp3) is 0.526. The Morgan fingerprint density at radius 3 is 2.83 bits per heavy atom. The second-order valence-corrected chi connectivity index (χ2v) is 6.94. The Morgan fingerprint density at radius 1 is 1.29 bits per heavy atom. The van der Waals surface area contributed by atoms with Crippen LogP contribution in [0.2, 0.25) is 0 Å². The number of hydrogen-bond acceptors (Lipinski definition) is 5. The Morgan fingerprint density at radius 2 is 2.08 bits per heavy atom. The number of hydrogen-bond donors (Lipinski definition) is 2. The monoisotopic (exact) mass is 329 g/mol. The van der Waals surface area contributed by atoms with Crippen LogP contribution in [0.4, 0.5) is 5.69 Å². The van der Waals surface area contributed by atoms with Gasteiger partial charge in [-0.2, -0.15) is 0 Å². The molecular formula is C19H27N3O2. The number of likely N-dealkylation sites (tertiary alicyclic amines) is 1. The average Bonchev–Trinajstić information content (AvgIpc) is 2.60. The fourth-order valence-corrected chi connectivity index (χ4v) is 3.36. The van der Waals surface area contributed by atoms with Crippen molar-refractivity contribution in [2.75, 3.05) is 38.6 Å². The van der Waals surface area contributed by atoms with Crippen LogP contribution in [-0.4, -0.2) is 53.9 Å². The quantitative estimate of drug-likeness (QED) is 0.853. The lowest BCUT2D eigenvalue weighted by atomic mass is 10.0. The number of ether oxygens (including phenoxy) is 1. The van der Waals surface area contributed by atoms with Crippen molar-refractivity contribution in [3.05, 3.63) is 30.5 Å². The molecule has 0 aliphatic carbocycles. The average molecular weight is 329 g/mol. The maximum Gasteiger partial charge on any atom is 0.121 e. The summed E-state index contributed by atoms with van der Waals surface area (Å²) in [5.74, 6) is 0.786. The first kappa shape index (κ1) is 17.0. The van der Waals surface area contributed by atoms with Crippen LogP contribution in [0.3, 0.4) is 0 Å². The van der Waals surface area contributed by atoms with Gasteiger partial charge in [0.15, 0.2) is 0 Å². The molecule has 2 N–H and O–H groups in total. The van der Waals surface area contributed by atoms with Crippen LogP contribution in [0.15, 0.2) is 30.5 Å². The summed E-state index contributed by atoms with van der Waals surface area (Å²) in [4.78, 5) is 6.82. The highest BCUT2D eigenvalue weighted by Gasteiger charge is 2.25. The van der Waals surface area contributed by atoms with Crippen molar-refractivity contribution >= 4 is 16.6 Å². The lowest BCUT2D eigenvalue weighted by molar-refractivity contribution is 0.0252. The van der Waals surface area contributed by atoms with Crippen molar-refractivity contribution in [1.29, 1.82) is 0 Å². The van der Waals surface area contributed by atoms with Gasteiger partial charge in [-0.3, -0.25) is 4.98 Å². The molecule has 0 saturated carbocycles. The Hall–Kier alpha value is -1.85. The summed E-state index contributed by atoms with van der Waals surface area (Å²) in [7, 11) is 1.66. The predicted molar refractivity (Wildman–Crippen MR) is 97.7 cm³/mol. The second kappa shape index (κ2) is 7.36. The number of anilines is 1. The third kappa shape index (κ3) is 4.16. The van der Waals surface area contributed by atoms with E-state index in [9.17, 15) is 5.11 Å². The van der Waals surface area contributed by atoms with Crippen molar-refractivity contribution in [2.24, 2.45) is 0 Å². The molecule has 0 spiro atoms. The lowest BCUT2D eigenvalue weighted by Gasteiger charge is -2.34. The number of methoxy groups -OCH3 is 1. The molecule has 3 rings (SSSR count). The van der Waals surface area contributed by atoms with E-state index in [4.69, 9.17) is 4.74 Å². The largest absolute Gasteiger partial charge is 0.497 e. The van der Waals surface area contributed by atoms with Crippen LogP contribution in [0.1, 0.15) is 26.2 Å². The summed E-state index contributed by atoms with van der Waals surface area (Å²) in [6.45, 7) is 5.22. The summed E-state index contributed by atoms with van der Waals surface area (Å²) in [6, 6.07) is 7.84. The van der Waals surface area contributed by atoms with Crippen molar-refractivity contribution in [2.45, 2.75) is 31.8 Å². The van der Waals surface area contributed by atoms with Gasteiger partial charge < -0.3 is 20.1 Å². The molecule has 5 nitrogen and oxygen atoms in total. The Kier molecular flexibility index (Phi) is 5.21. The summed E-state index contributed by atoms with van der Waals surface area (Å²) in [5.41, 5.74) is 0.998. The Bertz CT molecular complexity index is 681. The third-order valence-corrected chi connectivity index (χ3v) is 4.59. The number of benzene rings is 1. The summed E-state index contributed by atoms with van der Waals surface area (Å²) in [5, 5.41) is 15.2. The molecule has 130 valence electrons. The topological polar surface area (TPSA) is 57.6 Å². The van der Waals surface area contributed by atoms with E-state index in [1.54, 1.807) is 13.3 Å². The van der Waals surface area contributed by atoms with Gasteiger partial charge in [0.1, 0.15) is 5.75 Å². The number of aliphatic hydroxyl groups is 1. The molecule has 5 heteroatoms. The number of nitrogens with zero attached hydrogens (tertiary/aromatic N) is 2. The van der Waals surface area contributed by atoms with Gasteiger partial charge in [0.25, 0.3) is 0 Å². The second-order valence-electron chi connectivity index (χ2n) is 6.94. The lowest BCUT2D eigenvalue weighted by Crippen LogP contribution is -2.47. The van der Waals surface area contributed by atoms with Crippen LogP contribution in [0, 0.1) is 0 Å². The van der Waals surface area contributed by atoms with Crippen molar-refractivity contribution < 1.29 is 9.84 Å². The molecular weight excluding hydrogens is 302 g/mol. The molecule has 2 heterocycles. The number of piperidine rings is 1. The number of pyridine rings is 1. The molecule has 24 heavy (non-hydrogen) atoms. The highest BCUT2D eigenvalue weighted by molar-refractivity contribution is 5.91. The van der Waals surface area contributed by atoms with E-state index in [2.05, 4.69) is 15.2 Å². The molecule has 2 aromatic rings. The number of nitrogens with one attached hydrogen (secondary N) is 1. The molecule has 1 aromatic heterocycles. The van der Waals surface area contributed by atoms with E-state index in [0.717, 1.165) is 35.4 Å². The number of fused-ring (bicyclic) bond motifs is 1. The first-order valence-electron chi connectivity index (χ1n) is 8.69. The van der Waals surface area contributed by atoms with Gasteiger partial charge in [0, 0.05) is 30.7 Å². The van der Waals surface area contributed by atoms with E-state index in [1.165, 1.54) is 19.3 Å². The molecule has 0 bridgehead atoms. The minimum atomic E-state index is -0.790. The fourth-order valence-electron chi connectivity index (χ4n) is 3.36. The molecule has 1 fully saturated rings. The zero-order valence-electron chi connectivity index (χ0n) is 14.6. The standard InChI is InChI=1S/C19H27N3O2/c1-19(23,14-22-9-4-3-5-10-22)13-21-17-12-16(24-2)11-15-7-6-8-20-18(15)17/h6-8,11-12,21,23H,3-5,9-10,13-14H2,1-2H3/t19-/m0/s1. The van der Waals surface area contributed by atoms with E-state index in [0.29, 0.717) is 13.1 Å². The smallest absolute Gasteiger partial charge is 0.121 e. The molecule has 1 aliphatic heterocycles. The van der Waals surface area contributed by atoms with Crippen molar-refractivity contribution in [3.63, 3.8) is 0 Å². The third-order valence-electron chi connectivity index (χ3n) is 4.59. The maximum absolute atomic E-state index is 10.8. The van der Waals surface area contributed by atoms with Crippen LogP contribution in [-0.2, 0) is 0 Å². The van der Waals surface area contributed by atoms with Gasteiger partial charge in [0.2, 0.25) is 0 Å². The first-order chi connectivity index (χ1) is 11.6. The van der Waals surface area contributed by atoms with E-state index in [1.807, 2.05) is 31.2 Å². The maximum atomic E-state index is 10.8. The summed E-state index contributed by atoms with van der Waals surface area (Å²) < 4.78 is 5.38. The number of rotatable bonds is 6. The Labute approximate surface area is 143 Å². The predicted octanol–water partition coefficient (Wildman–Crippen LogP) is 2.89. The van der Waals surface area contributed by atoms with Gasteiger partial charge >= 0.3 is 0 Å². The molecule has 0 amide bonds. The molecule has 1 aliphatic rings. The molecule has 0 radical (unpaired) electrons. The van der Waals surface area contributed by atoms with Gasteiger partial charge in [-0.1, -0.05) is 12.5 Å². The Balaban J connectivity index is 1.72. The first-order valence-corrected chi connectivity index (χ1v) is 8.69. The molecule has 0 unspecified atom stereocenters. The number of β-amino-alcohol motifs (C(OH)–C–C–N with tert-alkyl or cyclic N) is 1. The minimum absolute atomic E-state index is 0.475. The van der Waals surface area contributed by atoms with Crippen LogP contribution in [0.25, 0.3) is 10.9 Å². The summed E-state index contributed by atoms with van der Waals surface area (Å²) in [6.07, 6.45) is 5.55. The molecule has 1 saturated heterocycles. The molecule has 1 aromatic carbocycles. The van der Waals surface area contributed by atoms with E-state index >= 15 is 0 Å². The highest BCUT2D eigenvalue weighted by Crippen LogP contribution is 2.28. The zero-order valence-corrected chi connectivity index (χ0v) is 14.6. The van der Waals surface area contributed by atoms with Gasteiger partial charge in [-0.25, -0.2) is 0 Å². The normalized spacial score (nSPS) is 18.3. The van der Waals surface area contributed by atoms with Crippen LogP contribution < -0.4 is 10.1 Å². The van der Waals surface area contributed by atoms with Crippen molar-refractivity contribution in [1.82, 2.24) is 9.88 Å². The zero-order chi connectivity index (χ0) is 17.0. The van der Waals surface area contributed by atoms with Crippen LogP contribution in [0.5, 0.6) is 5.75 Å². The molecule has 1 atom stereocenters. The summed E-state index contributed by atoms with van der Waals surface area (Å²) >= 11 is 0. The van der Waals surface area contributed by atoms with Gasteiger partial charge in [0.05, 0.1) is 23.9 Å². The van der Waals surface area contributed by atoms with Gasteiger partial charge in [-0.05, 0) is 45.0 Å². The van der Waals surface area contributed by atoms with Crippen LogP contribution >= 0.6 is 0 Å². The van der Waals surface area contributed by atoms with Gasteiger partial charge in [-0.15, -0.1) is 0 Å². The minimum Gasteiger partial charge on any atom is -0.497 e. The van der Waals surface area contributed by atoms with E-state index in [-0.39, 0.29) is 0 Å². The van der Waals surface area contributed by atoms with E-state index < -0.39 is 5.60 Å². The number of aromatic nitrogens is 1.